The number of carbonyl (C=O) groups excluding carboxylic acids is 1. The molecule has 0 radical (unpaired) electrons. The van der Waals surface area contributed by atoms with Gasteiger partial charge in [0.2, 0.25) is 0 Å². The highest BCUT2D eigenvalue weighted by Gasteiger charge is 2.28. The van der Waals surface area contributed by atoms with Gasteiger partial charge in [-0.3, -0.25) is 4.79 Å². The quantitative estimate of drug-likeness (QED) is 0.125. The molecule has 310 valence electrons. The Bertz CT molecular complexity index is 3070. The first-order valence-corrected chi connectivity index (χ1v) is 22.5. The van der Waals surface area contributed by atoms with E-state index in [2.05, 4.69) is 267 Å². The first kappa shape index (κ1) is 40.1. The molecule has 0 amide bonds. The first-order valence-electron chi connectivity index (χ1n) is 22.5. The molecule has 1 aliphatic rings. The van der Waals surface area contributed by atoms with Crippen molar-refractivity contribution in [1.82, 2.24) is 0 Å². The Balaban J connectivity index is 0.918. The molecule has 0 N–H and O–H groups in total. The summed E-state index contributed by atoms with van der Waals surface area (Å²) in [5.41, 5.74) is 21.5. The maximum atomic E-state index is 14.3. The van der Waals surface area contributed by atoms with Gasteiger partial charge in [0.1, 0.15) is 0 Å². The van der Waals surface area contributed by atoms with Crippen LogP contribution in [0.2, 0.25) is 0 Å². The van der Waals surface area contributed by atoms with E-state index in [0.29, 0.717) is 0 Å². The summed E-state index contributed by atoms with van der Waals surface area (Å²) in [4.78, 5) is 14.3. The van der Waals surface area contributed by atoms with Crippen LogP contribution in [-0.4, -0.2) is 5.78 Å². The van der Waals surface area contributed by atoms with Crippen molar-refractivity contribution in [3.05, 3.63) is 323 Å². The number of hydrogen-bond acceptors (Lipinski definition) is 1. The van der Waals surface area contributed by atoms with Crippen LogP contribution in [0.1, 0.15) is 60.4 Å². The molecule has 0 spiro atoms. The third kappa shape index (κ3) is 7.74. The largest absolute Gasteiger partial charge is 0.289 e. The minimum absolute atomic E-state index is 0.0614. The highest BCUT2D eigenvalue weighted by Crippen LogP contribution is 2.43. The normalized spacial score (nSPS) is 11.4. The predicted molar refractivity (Wildman–Crippen MR) is 275 cm³/mol. The lowest BCUT2D eigenvalue weighted by Crippen LogP contribution is -1.98. The van der Waals surface area contributed by atoms with Crippen LogP contribution in [0.15, 0.2) is 267 Å². The Kier molecular flexibility index (Phi) is 10.9. The van der Waals surface area contributed by atoms with Gasteiger partial charge >= 0.3 is 0 Å². The second-order valence-electron chi connectivity index (χ2n) is 16.7. The summed E-state index contributed by atoms with van der Waals surface area (Å²) in [7, 11) is 0. The minimum Gasteiger partial charge on any atom is -0.289 e. The van der Waals surface area contributed by atoms with E-state index in [1.807, 2.05) is 0 Å². The summed E-state index contributed by atoms with van der Waals surface area (Å²) in [6.07, 6.45) is 0. The molecular formula is C65H44O. The van der Waals surface area contributed by atoms with E-state index in [0.717, 1.165) is 89.0 Å². The lowest BCUT2D eigenvalue weighted by atomic mass is 9.85. The molecule has 0 saturated carbocycles. The zero-order chi connectivity index (χ0) is 44.2. The van der Waals surface area contributed by atoms with Crippen molar-refractivity contribution in [2.45, 2.75) is 0 Å². The van der Waals surface area contributed by atoms with Crippen LogP contribution in [0.25, 0.3) is 55.7 Å². The zero-order valence-electron chi connectivity index (χ0n) is 36.3. The molecule has 66 heavy (non-hydrogen) atoms. The van der Waals surface area contributed by atoms with Crippen molar-refractivity contribution in [2.24, 2.45) is 0 Å². The van der Waals surface area contributed by atoms with Crippen LogP contribution in [0.5, 0.6) is 0 Å². The van der Waals surface area contributed by atoms with E-state index < -0.39 is 0 Å². The van der Waals surface area contributed by atoms with Crippen LogP contribution in [-0.2, 0) is 0 Å². The number of benzene rings is 10. The Labute approximate surface area is 387 Å². The molecule has 0 unspecified atom stereocenters. The fourth-order valence-corrected chi connectivity index (χ4v) is 9.55. The summed E-state index contributed by atoms with van der Waals surface area (Å²) >= 11 is 0. The number of rotatable bonds is 10. The Morgan fingerprint density at radius 2 is 0.409 bits per heavy atom. The van der Waals surface area contributed by atoms with Crippen LogP contribution in [0, 0.1) is 0 Å². The summed E-state index contributed by atoms with van der Waals surface area (Å²) < 4.78 is 0. The topological polar surface area (TPSA) is 17.1 Å². The van der Waals surface area contributed by atoms with Gasteiger partial charge in [-0.25, -0.2) is 0 Å². The third-order valence-electron chi connectivity index (χ3n) is 12.7. The zero-order valence-corrected chi connectivity index (χ0v) is 36.3. The van der Waals surface area contributed by atoms with E-state index in [1.54, 1.807) is 0 Å². The summed E-state index contributed by atoms with van der Waals surface area (Å²) in [5, 5.41) is 0. The van der Waals surface area contributed by atoms with Crippen LogP contribution >= 0.6 is 0 Å². The molecule has 0 fully saturated rings. The highest BCUT2D eigenvalue weighted by molar-refractivity contribution is 6.22. The number of fused-ring (bicyclic) bond motifs is 3. The molecule has 1 aliphatic carbocycles. The van der Waals surface area contributed by atoms with E-state index in [1.165, 1.54) is 22.3 Å². The second kappa shape index (κ2) is 17.8. The molecular weight excluding hydrogens is 797 g/mol. The van der Waals surface area contributed by atoms with E-state index >= 15 is 0 Å². The van der Waals surface area contributed by atoms with Gasteiger partial charge in [-0.15, -0.1) is 0 Å². The lowest BCUT2D eigenvalue weighted by molar-refractivity contribution is 0.104. The summed E-state index contributed by atoms with van der Waals surface area (Å²) in [6.45, 7) is 0. The first-order chi connectivity index (χ1) is 32.7. The SMILES string of the molecule is O=C1c2cc(-c3ccc(C(=C(c4ccccc4)c4ccccc4)c4ccccc4)cc3)ccc2-c2ccc(-c3ccc(C(=C(c4ccccc4)c4ccccc4)c4ccccc4)cc3)cc21. The van der Waals surface area contributed by atoms with Gasteiger partial charge in [0.05, 0.1) is 0 Å². The van der Waals surface area contributed by atoms with Gasteiger partial charge in [0.25, 0.3) is 0 Å². The summed E-state index contributed by atoms with van der Waals surface area (Å²) in [5.74, 6) is 0.0614. The molecule has 0 bridgehead atoms. The van der Waals surface area contributed by atoms with Crippen molar-refractivity contribution >= 4 is 28.1 Å². The van der Waals surface area contributed by atoms with Crippen molar-refractivity contribution in [3.8, 4) is 33.4 Å². The van der Waals surface area contributed by atoms with Crippen LogP contribution in [0.3, 0.4) is 0 Å². The average Bonchev–Trinajstić information content (AvgIpc) is 3.68. The number of ketones is 1. The smallest absolute Gasteiger partial charge is 0.194 e. The molecule has 0 aliphatic heterocycles. The highest BCUT2D eigenvalue weighted by atomic mass is 16.1. The van der Waals surface area contributed by atoms with Crippen LogP contribution < -0.4 is 0 Å². The number of hydrogen-bond donors (Lipinski definition) is 0. The predicted octanol–water partition coefficient (Wildman–Crippen LogP) is 16.2. The van der Waals surface area contributed by atoms with Gasteiger partial charge < -0.3 is 0 Å². The molecule has 1 heteroatoms. The molecule has 0 saturated heterocycles. The van der Waals surface area contributed by atoms with Crippen molar-refractivity contribution in [2.75, 3.05) is 0 Å². The molecule has 0 aromatic heterocycles. The summed E-state index contributed by atoms with van der Waals surface area (Å²) in [6, 6.07) is 94.1. The third-order valence-corrected chi connectivity index (χ3v) is 12.7. The monoisotopic (exact) mass is 840 g/mol. The Morgan fingerprint density at radius 1 is 0.197 bits per heavy atom. The molecule has 0 heterocycles. The second-order valence-corrected chi connectivity index (χ2v) is 16.7. The minimum atomic E-state index is 0.0614. The Hall–Kier alpha value is -8.65. The molecule has 0 atom stereocenters. The standard InChI is InChI=1S/C65H44O/c66-65-59-43-55(45-31-35-53(36-32-45)63(51-27-15-5-16-28-51)61(47-19-7-1-8-20-47)48-21-9-2-10-22-48)39-41-57(59)58-42-40-56(44-60(58)65)46-33-37-54(38-34-46)64(52-29-17-6-18-30-52)62(49-23-11-3-12-24-49)50-25-13-4-14-26-50/h1-44H. The van der Waals surface area contributed by atoms with Gasteiger partial charge in [0, 0.05) is 11.1 Å². The molecule has 11 rings (SSSR count). The van der Waals surface area contributed by atoms with Crippen molar-refractivity contribution in [1.29, 1.82) is 0 Å². The maximum absolute atomic E-state index is 14.3. The van der Waals surface area contributed by atoms with Gasteiger partial charge in [-0.2, -0.15) is 0 Å². The van der Waals surface area contributed by atoms with E-state index in [-0.39, 0.29) is 5.78 Å². The van der Waals surface area contributed by atoms with Gasteiger partial charge in [-0.1, -0.05) is 255 Å². The van der Waals surface area contributed by atoms with E-state index in [4.69, 9.17) is 0 Å². The van der Waals surface area contributed by atoms with E-state index in [9.17, 15) is 4.79 Å². The maximum Gasteiger partial charge on any atom is 0.194 e. The average molecular weight is 841 g/mol. The van der Waals surface area contributed by atoms with Crippen molar-refractivity contribution in [3.63, 3.8) is 0 Å². The molecule has 10 aromatic carbocycles. The number of carbonyl (C=O) groups is 1. The fourth-order valence-electron chi connectivity index (χ4n) is 9.55. The van der Waals surface area contributed by atoms with Gasteiger partial charge in [-0.05, 0) is 112 Å². The molecule has 1 nitrogen and oxygen atoms in total. The van der Waals surface area contributed by atoms with Crippen LogP contribution in [0.4, 0.5) is 0 Å². The van der Waals surface area contributed by atoms with Gasteiger partial charge in [0.15, 0.2) is 5.78 Å². The fraction of sp³-hybridized carbons (Fsp3) is 0. The Morgan fingerprint density at radius 3 is 0.652 bits per heavy atom. The molecule has 10 aromatic rings. The van der Waals surface area contributed by atoms with Crippen molar-refractivity contribution < 1.29 is 4.79 Å². The lowest BCUT2D eigenvalue weighted by Gasteiger charge is -2.18.